The van der Waals surface area contributed by atoms with E-state index in [9.17, 15) is 0 Å². The molecule has 4 aromatic carbocycles. The first kappa shape index (κ1) is 36.1. The van der Waals surface area contributed by atoms with E-state index < -0.39 is 23.2 Å². The largest absolute Gasteiger partial charge is 1.00 e. The molecule has 0 amide bonds. The van der Waals surface area contributed by atoms with Gasteiger partial charge in [0, 0.05) is 0 Å². The van der Waals surface area contributed by atoms with E-state index in [1.165, 1.54) is 33.4 Å². The third-order valence-corrected chi connectivity index (χ3v) is 15.3. The minimum absolute atomic E-state index is 0. The van der Waals surface area contributed by atoms with E-state index in [0.29, 0.717) is 9.54 Å². The van der Waals surface area contributed by atoms with Crippen LogP contribution in [0.5, 0.6) is 0 Å². The zero-order valence-corrected chi connectivity index (χ0v) is 33.6. The van der Waals surface area contributed by atoms with Crippen molar-refractivity contribution in [1.82, 2.24) is 0 Å². The van der Waals surface area contributed by atoms with E-state index in [-0.39, 0.29) is 46.5 Å². The molecule has 2 bridgehead atoms. The van der Waals surface area contributed by atoms with Crippen molar-refractivity contribution in [2.45, 2.75) is 89.1 Å². The van der Waals surface area contributed by atoms with Gasteiger partial charge in [0.15, 0.2) is 0 Å². The molecule has 0 saturated carbocycles. The van der Waals surface area contributed by atoms with Crippen molar-refractivity contribution in [3.05, 3.63) is 150 Å². The summed E-state index contributed by atoms with van der Waals surface area (Å²) in [4.78, 5) is 0. The Balaban J connectivity index is 0.00000217. The zero-order valence-electron chi connectivity index (χ0n) is 29.6. The minimum Gasteiger partial charge on any atom is -1.00 e. The van der Waals surface area contributed by atoms with Crippen LogP contribution >= 0.6 is 0 Å². The summed E-state index contributed by atoms with van der Waals surface area (Å²) in [5.74, 6) is 0.483. The quantitative estimate of drug-likeness (QED) is 0.253. The van der Waals surface area contributed by atoms with E-state index in [4.69, 9.17) is 0 Å². The Bertz CT molecular complexity index is 1770. The van der Waals surface area contributed by atoms with Crippen LogP contribution < -0.4 is 24.8 Å². The van der Waals surface area contributed by atoms with Crippen LogP contribution in [0.1, 0.15) is 106 Å². The molecule has 0 heterocycles. The van der Waals surface area contributed by atoms with Crippen LogP contribution in [0.15, 0.2) is 117 Å². The van der Waals surface area contributed by atoms with Crippen LogP contribution in [0, 0.1) is 11.3 Å². The number of rotatable bonds is 4. The molecule has 47 heavy (non-hydrogen) atoms. The molecule has 0 fully saturated rings. The minimum atomic E-state index is -1.13. The van der Waals surface area contributed by atoms with Gasteiger partial charge >= 0.3 is 285 Å². The van der Waals surface area contributed by atoms with Crippen molar-refractivity contribution in [2.24, 2.45) is 11.3 Å². The van der Waals surface area contributed by atoms with Crippen LogP contribution in [0.2, 0.25) is 0 Å². The number of allylic oxidation sites excluding steroid dienone is 4. The Hall–Kier alpha value is -2.18. The van der Waals surface area contributed by atoms with Crippen LogP contribution in [0.3, 0.4) is 0 Å². The average Bonchev–Trinajstić information content (AvgIpc) is 3.54. The number of benzene rings is 4. The van der Waals surface area contributed by atoms with Gasteiger partial charge in [0.2, 0.25) is 0 Å². The van der Waals surface area contributed by atoms with Crippen molar-refractivity contribution < 1.29 is 48.0 Å². The van der Waals surface area contributed by atoms with Crippen LogP contribution in [-0.4, -0.2) is 0 Å². The van der Waals surface area contributed by atoms with Crippen molar-refractivity contribution in [1.29, 1.82) is 0 Å². The molecule has 0 spiro atoms. The second-order valence-corrected chi connectivity index (χ2v) is 20.2. The van der Waals surface area contributed by atoms with E-state index in [0.717, 1.165) is 0 Å². The third kappa shape index (κ3) is 5.52. The Morgan fingerprint density at radius 3 is 1.36 bits per heavy atom. The van der Waals surface area contributed by atoms with Gasteiger partial charge in [-0.25, -0.2) is 0 Å². The van der Waals surface area contributed by atoms with Gasteiger partial charge in [-0.05, 0) is 0 Å². The maximum atomic E-state index is 2.54. The molecule has 4 aliphatic rings. The van der Waals surface area contributed by atoms with E-state index in [2.05, 4.69) is 166 Å². The standard InChI is InChI=1S/C23H23.C21H25.2ClH.Zr/c1-16-15-19-21(22(2,3)4)20(16)23(19,17-11-7-5-8-12-17)18-13-9-6-10-14-18;1-20(2,3)16-9-7-14-11-15-8-10-17(21(4,5)6)13-19(15)18(14)12-16;;;/h5-14,16H,1-4H3;7-13H,1-6H3;2*1H;/q;;;;+2/p-2. The summed E-state index contributed by atoms with van der Waals surface area (Å²) in [6.45, 7) is 23.9. The van der Waals surface area contributed by atoms with Gasteiger partial charge < -0.3 is 24.8 Å². The summed E-state index contributed by atoms with van der Waals surface area (Å²) >= 11 is -1.13. The molecule has 4 aromatic rings. The summed E-state index contributed by atoms with van der Waals surface area (Å²) in [5.41, 5.74) is 17.1. The second kappa shape index (κ2) is 12.3. The maximum absolute atomic E-state index is 2.54. The van der Waals surface area contributed by atoms with Gasteiger partial charge in [-0.3, -0.25) is 0 Å². The Labute approximate surface area is 308 Å². The van der Waals surface area contributed by atoms with E-state index in [1.807, 2.05) is 3.28 Å². The first-order valence-electron chi connectivity index (χ1n) is 16.8. The Morgan fingerprint density at radius 2 is 0.979 bits per heavy atom. The molecule has 0 aromatic heterocycles. The molecule has 8 rings (SSSR count). The number of fused-ring (bicyclic) bond motifs is 4. The van der Waals surface area contributed by atoms with Crippen LogP contribution in [0.4, 0.5) is 0 Å². The first-order valence-corrected chi connectivity index (χ1v) is 19.5. The fourth-order valence-corrected chi connectivity index (χ4v) is 13.3. The van der Waals surface area contributed by atoms with Crippen LogP contribution in [0.25, 0.3) is 11.1 Å². The predicted octanol–water partition coefficient (Wildman–Crippen LogP) is 5.69. The normalized spacial score (nSPS) is 18.1. The smallest absolute Gasteiger partial charge is 1.00 e. The predicted molar refractivity (Wildman–Crippen MR) is 187 cm³/mol. The van der Waals surface area contributed by atoms with Crippen molar-refractivity contribution in [2.75, 3.05) is 0 Å². The fourth-order valence-electron chi connectivity index (χ4n) is 8.43. The summed E-state index contributed by atoms with van der Waals surface area (Å²) in [6.07, 6.45) is 0. The molecule has 0 N–H and O–H groups in total. The topological polar surface area (TPSA) is 0 Å². The summed E-state index contributed by atoms with van der Waals surface area (Å²) in [6, 6.07) is 37.8. The molecule has 0 nitrogen and oxygen atoms in total. The first-order chi connectivity index (χ1) is 21.1. The summed E-state index contributed by atoms with van der Waals surface area (Å²) in [7, 11) is 0. The molecule has 0 saturated heterocycles. The van der Waals surface area contributed by atoms with Gasteiger partial charge in [0.1, 0.15) is 0 Å². The van der Waals surface area contributed by atoms with Crippen molar-refractivity contribution >= 4 is 0 Å². The molecule has 3 heteroatoms. The van der Waals surface area contributed by atoms with Gasteiger partial charge in [-0.2, -0.15) is 0 Å². The molecular weight excluding hydrogens is 691 g/mol. The summed E-state index contributed by atoms with van der Waals surface area (Å²) in [5, 5.41) is 0. The molecule has 1 atom stereocenters. The number of hydrogen-bond acceptors (Lipinski definition) is 0. The summed E-state index contributed by atoms with van der Waals surface area (Å²) < 4.78 is 2.34. The zero-order chi connectivity index (χ0) is 32.1. The Kier molecular flexibility index (Phi) is 9.45. The number of hydrogen-bond donors (Lipinski definition) is 0. The Morgan fingerprint density at radius 1 is 0.553 bits per heavy atom. The fraction of sp³-hybridized carbons (Fsp3) is 0.364. The van der Waals surface area contributed by atoms with Gasteiger partial charge in [-0.1, -0.05) is 0 Å². The van der Waals surface area contributed by atoms with Crippen LogP contribution in [-0.2, 0) is 39.5 Å². The van der Waals surface area contributed by atoms with Crippen molar-refractivity contribution in [3.8, 4) is 11.1 Å². The van der Waals surface area contributed by atoms with E-state index >= 15 is 0 Å². The molecule has 1 unspecified atom stereocenters. The molecule has 4 aliphatic carbocycles. The maximum Gasteiger partial charge on any atom is -1.00 e. The molecule has 0 radical (unpaired) electrons. The van der Waals surface area contributed by atoms with Gasteiger partial charge in [-0.15, -0.1) is 0 Å². The SMILES string of the molecule is CC1[C]([Zr+2][CH]2c3ccc(C(C)(C)C)cc3-c3cc(C(C)(C)C)ccc32)=C2C(C(C)(C)C)=C1C2(c1ccccc1)c1ccccc1.[Cl-].[Cl-]. The molecular formula is C44H48Cl2Zr. The molecule has 242 valence electrons. The van der Waals surface area contributed by atoms with Crippen molar-refractivity contribution in [3.63, 3.8) is 0 Å². The average molecular weight is 739 g/mol. The van der Waals surface area contributed by atoms with E-state index in [1.54, 1.807) is 27.8 Å². The molecule has 0 aliphatic heterocycles. The van der Waals surface area contributed by atoms with Gasteiger partial charge in [0.05, 0.1) is 0 Å². The van der Waals surface area contributed by atoms with Gasteiger partial charge in [0.25, 0.3) is 0 Å². The monoisotopic (exact) mass is 736 g/mol. The second-order valence-electron chi connectivity index (χ2n) is 16.7. The number of halogens is 2. The third-order valence-electron chi connectivity index (χ3n) is 10.6.